The molecule has 0 saturated carbocycles. The third-order valence-corrected chi connectivity index (χ3v) is 4.45. The van der Waals surface area contributed by atoms with E-state index >= 15 is 0 Å². The van der Waals surface area contributed by atoms with Crippen molar-refractivity contribution in [2.24, 2.45) is 0 Å². The van der Waals surface area contributed by atoms with Crippen LogP contribution >= 0.6 is 0 Å². The lowest BCUT2D eigenvalue weighted by Crippen LogP contribution is -2.36. The largest absolute Gasteiger partial charge is 0.324 e. The molecule has 1 atom stereocenters. The minimum Gasteiger partial charge on any atom is -0.324 e. The van der Waals surface area contributed by atoms with Crippen molar-refractivity contribution in [2.45, 2.75) is 26.3 Å². The van der Waals surface area contributed by atoms with Crippen LogP contribution in [0.4, 0.5) is 11.6 Å². The molecule has 136 valence electrons. The summed E-state index contributed by atoms with van der Waals surface area (Å²) in [4.78, 5) is 29.3. The summed E-state index contributed by atoms with van der Waals surface area (Å²) in [5.74, 6) is 0.207. The number of benzene rings is 2. The maximum absolute atomic E-state index is 12.8. The number of carbonyl (C=O) groups excluding carboxylic acids is 2. The third-order valence-electron chi connectivity index (χ3n) is 4.45. The summed E-state index contributed by atoms with van der Waals surface area (Å²) < 4.78 is 1.49. The molecule has 2 heterocycles. The highest BCUT2D eigenvalue weighted by atomic mass is 16.2. The fraction of sp³-hybridized carbons (Fsp3) is 0.200. The van der Waals surface area contributed by atoms with Crippen LogP contribution in [0.25, 0.3) is 11.4 Å². The average Bonchev–Trinajstić information content (AvgIpc) is 3.05. The molecule has 3 aromatic rings. The van der Waals surface area contributed by atoms with Gasteiger partial charge in [0.1, 0.15) is 6.04 Å². The molecule has 27 heavy (non-hydrogen) atoms. The van der Waals surface area contributed by atoms with Crippen molar-refractivity contribution in [1.29, 1.82) is 0 Å². The number of anilines is 2. The topological polar surface area (TPSA) is 88.9 Å². The minimum absolute atomic E-state index is 0.0152. The van der Waals surface area contributed by atoms with E-state index < -0.39 is 6.04 Å². The Bertz CT molecular complexity index is 1020. The van der Waals surface area contributed by atoms with Gasteiger partial charge in [0, 0.05) is 11.3 Å². The molecular weight excluding hydrogens is 342 g/mol. The standard InChI is InChI=1S/C20H19N5O2/c1-12-6-8-14(9-7-12)18-23-20-22-17(26)11-16(25(20)24-18)19(27)21-15-5-3-4-13(2)10-15/h3-10,16H,11H2,1-2H3,(H,21,27)(H,22,23,24,26). The molecule has 1 unspecified atom stereocenters. The predicted molar refractivity (Wildman–Crippen MR) is 102 cm³/mol. The molecule has 1 aromatic heterocycles. The smallest absolute Gasteiger partial charge is 0.249 e. The summed E-state index contributed by atoms with van der Waals surface area (Å²) in [7, 11) is 0. The van der Waals surface area contributed by atoms with E-state index in [0.29, 0.717) is 11.5 Å². The summed E-state index contributed by atoms with van der Waals surface area (Å²) in [6.45, 7) is 3.95. The molecule has 0 fully saturated rings. The fourth-order valence-electron chi connectivity index (χ4n) is 3.04. The van der Waals surface area contributed by atoms with Crippen LogP contribution in [0.5, 0.6) is 0 Å². The van der Waals surface area contributed by atoms with Gasteiger partial charge in [-0.2, -0.15) is 4.98 Å². The Morgan fingerprint density at radius 3 is 2.67 bits per heavy atom. The van der Waals surface area contributed by atoms with Gasteiger partial charge >= 0.3 is 0 Å². The molecule has 0 spiro atoms. The monoisotopic (exact) mass is 361 g/mol. The lowest BCUT2D eigenvalue weighted by atomic mass is 10.1. The highest BCUT2D eigenvalue weighted by molar-refractivity contribution is 6.00. The maximum Gasteiger partial charge on any atom is 0.249 e. The Balaban J connectivity index is 1.64. The first-order chi connectivity index (χ1) is 13.0. The zero-order valence-electron chi connectivity index (χ0n) is 15.1. The molecule has 7 nitrogen and oxygen atoms in total. The van der Waals surface area contributed by atoms with E-state index in [9.17, 15) is 9.59 Å². The second-order valence-electron chi connectivity index (χ2n) is 6.70. The number of amides is 2. The molecule has 0 aliphatic carbocycles. The van der Waals surface area contributed by atoms with Gasteiger partial charge in [-0.15, -0.1) is 5.10 Å². The summed E-state index contributed by atoms with van der Waals surface area (Å²) in [5, 5.41) is 10.0. The van der Waals surface area contributed by atoms with E-state index in [0.717, 1.165) is 16.7 Å². The van der Waals surface area contributed by atoms with E-state index in [1.807, 2.05) is 62.4 Å². The number of carbonyl (C=O) groups is 2. The zero-order chi connectivity index (χ0) is 19.0. The Hall–Kier alpha value is -3.48. The third kappa shape index (κ3) is 3.44. The van der Waals surface area contributed by atoms with Gasteiger partial charge in [-0.1, -0.05) is 42.0 Å². The minimum atomic E-state index is -0.749. The van der Waals surface area contributed by atoms with Crippen molar-refractivity contribution in [2.75, 3.05) is 10.6 Å². The summed E-state index contributed by atoms with van der Waals surface area (Å²) in [5.41, 5.74) is 3.68. The van der Waals surface area contributed by atoms with Gasteiger partial charge in [-0.3, -0.25) is 14.9 Å². The number of nitrogens with zero attached hydrogens (tertiary/aromatic N) is 3. The number of nitrogens with one attached hydrogen (secondary N) is 2. The SMILES string of the molecule is Cc1ccc(-c2nc3n(n2)C(C(=O)Nc2cccc(C)c2)CC(=O)N3)cc1. The van der Waals surface area contributed by atoms with Crippen molar-refractivity contribution >= 4 is 23.5 Å². The Morgan fingerprint density at radius 1 is 1.15 bits per heavy atom. The summed E-state index contributed by atoms with van der Waals surface area (Å²) >= 11 is 0. The van der Waals surface area contributed by atoms with Crippen LogP contribution in [0.2, 0.25) is 0 Å². The van der Waals surface area contributed by atoms with Crippen LogP contribution in [-0.4, -0.2) is 26.6 Å². The first kappa shape index (κ1) is 17.0. The van der Waals surface area contributed by atoms with Crippen molar-refractivity contribution in [3.63, 3.8) is 0 Å². The van der Waals surface area contributed by atoms with Gasteiger partial charge in [0.25, 0.3) is 0 Å². The number of rotatable bonds is 3. The number of fused-ring (bicyclic) bond motifs is 1. The van der Waals surface area contributed by atoms with E-state index in [4.69, 9.17) is 0 Å². The van der Waals surface area contributed by atoms with Gasteiger partial charge in [0.05, 0.1) is 6.42 Å². The van der Waals surface area contributed by atoms with Gasteiger partial charge < -0.3 is 5.32 Å². The molecule has 0 radical (unpaired) electrons. The molecule has 0 saturated heterocycles. The van der Waals surface area contributed by atoms with Gasteiger partial charge in [-0.25, -0.2) is 4.68 Å². The Labute approximate surface area is 156 Å². The normalized spacial score (nSPS) is 15.8. The molecule has 1 aliphatic heterocycles. The fourth-order valence-corrected chi connectivity index (χ4v) is 3.04. The molecular formula is C20H19N5O2. The maximum atomic E-state index is 12.8. The molecule has 2 amide bonds. The summed E-state index contributed by atoms with van der Waals surface area (Å²) in [6, 6.07) is 14.5. The van der Waals surface area contributed by atoms with Crippen molar-refractivity contribution in [3.8, 4) is 11.4 Å². The number of hydrogen-bond donors (Lipinski definition) is 2. The number of aryl methyl sites for hydroxylation is 2. The van der Waals surface area contributed by atoms with E-state index in [-0.39, 0.29) is 24.2 Å². The van der Waals surface area contributed by atoms with Crippen molar-refractivity contribution < 1.29 is 9.59 Å². The highest BCUT2D eigenvalue weighted by Crippen LogP contribution is 2.27. The second-order valence-corrected chi connectivity index (χ2v) is 6.70. The van der Waals surface area contributed by atoms with E-state index in [1.165, 1.54) is 4.68 Å². The van der Waals surface area contributed by atoms with Crippen molar-refractivity contribution in [3.05, 3.63) is 59.7 Å². The average molecular weight is 361 g/mol. The summed E-state index contributed by atoms with van der Waals surface area (Å²) in [6.07, 6.45) is 0.0152. The van der Waals surface area contributed by atoms with Crippen LogP contribution in [-0.2, 0) is 9.59 Å². The highest BCUT2D eigenvalue weighted by Gasteiger charge is 2.33. The number of aromatic nitrogens is 3. The first-order valence-corrected chi connectivity index (χ1v) is 8.70. The van der Waals surface area contributed by atoms with Gasteiger partial charge in [0.15, 0.2) is 5.82 Å². The molecule has 1 aliphatic rings. The molecule has 7 heteroatoms. The van der Waals surface area contributed by atoms with E-state index in [2.05, 4.69) is 20.7 Å². The van der Waals surface area contributed by atoms with Crippen molar-refractivity contribution in [1.82, 2.24) is 14.8 Å². The van der Waals surface area contributed by atoms with Crippen LogP contribution in [0.3, 0.4) is 0 Å². The molecule has 2 aromatic carbocycles. The van der Waals surface area contributed by atoms with Crippen LogP contribution in [0.15, 0.2) is 48.5 Å². The number of hydrogen-bond acceptors (Lipinski definition) is 4. The molecule has 4 rings (SSSR count). The Morgan fingerprint density at radius 2 is 1.93 bits per heavy atom. The van der Waals surface area contributed by atoms with Crippen LogP contribution in [0.1, 0.15) is 23.6 Å². The first-order valence-electron chi connectivity index (χ1n) is 8.70. The van der Waals surface area contributed by atoms with Gasteiger partial charge in [0.2, 0.25) is 17.8 Å². The van der Waals surface area contributed by atoms with E-state index in [1.54, 1.807) is 0 Å². The Kier molecular flexibility index (Phi) is 4.19. The quantitative estimate of drug-likeness (QED) is 0.750. The second kappa shape index (κ2) is 6.68. The van der Waals surface area contributed by atoms with Crippen LogP contribution in [0, 0.1) is 13.8 Å². The lowest BCUT2D eigenvalue weighted by Gasteiger charge is -2.22. The van der Waals surface area contributed by atoms with Gasteiger partial charge in [-0.05, 0) is 31.5 Å². The predicted octanol–water partition coefficient (Wildman–Crippen LogP) is 3.08. The molecule has 2 N–H and O–H groups in total. The zero-order valence-corrected chi connectivity index (χ0v) is 15.1. The van der Waals surface area contributed by atoms with Crippen LogP contribution < -0.4 is 10.6 Å². The molecule has 0 bridgehead atoms. The lowest BCUT2D eigenvalue weighted by molar-refractivity contribution is -0.125.